The standard InChI is InChI=1S/C9H13BF3N2/c1-6-8(4-10(11,12)13)2-7(5-14)3-9(6)15/h2-3H,4-5,14-15H2,1H3/q-1. The van der Waals surface area contributed by atoms with E-state index in [0.717, 1.165) is 0 Å². The van der Waals surface area contributed by atoms with Crippen LogP contribution in [-0.2, 0) is 12.9 Å². The zero-order chi connectivity index (χ0) is 11.6. The van der Waals surface area contributed by atoms with Gasteiger partial charge < -0.3 is 24.4 Å². The minimum Gasteiger partial charge on any atom is -0.449 e. The molecule has 0 saturated heterocycles. The largest absolute Gasteiger partial charge is 0.482 e. The van der Waals surface area contributed by atoms with E-state index in [1.54, 1.807) is 13.0 Å². The predicted octanol–water partition coefficient (Wildman–Crippen LogP) is 1.97. The molecular formula is C9H13BF3N2-. The van der Waals surface area contributed by atoms with Crippen LogP contribution >= 0.6 is 0 Å². The number of nitrogens with two attached hydrogens (primary N) is 2. The molecule has 0 fully saturated rings. The second-order valence-corrected chi connectivity index (χ2v) is 3.59. The molecule has 0 heterocycles. The predicted molar refractivity (Wildman–Crippen MR) is 56.3 cm³/mol. The highest BCUT2D eigenvalue weighted by Crippen LogP contribution is 2.24. The quantitative estimate of drug-likeness (QED) is 0.600. The maximum atomic E-state index is 12.3. The van der Waals surface area contributed by atoms with Crippen LogP contribution in [0.4, 0.5) is 18.6 Å². The van der Waals surface area contributed by atoms with Crippen molar-refractivity contribution in [1.29, 1.82) is 0 Å². The molecule has 0 saturated carbocycles. The average Bonchev–Trinajstić information content (AvgIpc) is 2.10. The zero-order valence-corrected chi connectivity index (χ0v) is 8.43. The lowest BCUT2D eigenvalue weighted by Gasteiger charge is -2.17. The highest BCUT2D eigenvalue weighted by Gasteiger charge is 2.24. The molecule has 1 rings (SSSR count). The van der Waals surface area contributed by atoms with Gasteiger partial charge in [-0.15, -0.1) is 0 Å². The molecule has 0 radical (unpaired) electrons. The molecule has 0 amide bonds. The van der Waals surface area contributed by atoms with Crippen LogP contribution < -0.4 is 11.5 Å². The van der Waals surface area contributed by atoms with Crippen molar-refractivity contribution in [2.45, 2.75) is 19.8 Å². The first-order valence-electron chi connectivity index (χ1n) is 4.62. The van der Waals surface area contributed by atoms with E-state index < -0.39 is 13.3 Å². The summed E-state index contributed by atoms with van der Waals surface area (Å²) >= 11 is 0. The Morgan fingerprint density at radius 1 is 1.27 bits per heavy atom. The van der Waals surface area contributed by atoms with Crippen molar-refractivity contribution in [2.24, 2.45) is 5.73 Å². The van der Waals surface area contributed by atoms with Crippen molar-refractivity contribution in [1.82, 2.24) is 0 Å². The van der Waals surface area contributed by atoms with E-state index in [2.05, 4.69) is 0 Å². The first-order chi connectivity index (χ1) is 6.83. The molecule has 0 atom stereocenters. The lowest BCUT2D eigenvalue weighted by Crippen LogP contribution is -2.20. The van der Waals surface area contributed by atoms with E-state index in [-0.39, 0.29) is 12.1 Å². The van der Waals surface area contributed by atoms with Gasteiger partial charge in [-0.1, -0.05) is 17.9 Å². The molecule has 2 nitrogen and oxygen atoms in total. The van der Waals surface area contributed by atoms with Gasteiger partial charge in [-0.3, -0.25) is 0 Å². The smallest absolute Gasteiger partial charge is 0.449 e. The highest BCUT2D eigenvalue weighted by molar-refractivity contribution is 6.57. The van der Waals surface area contributed by atoms with Gasteiger partial charge in [0.25, 0.3) is 0 Å². The molecule has 0 aliphatic heterocycles. The van der Waals surface area contributed by atoms with Crippen LogP contribution in [0.5, 0.6) is 0 Å². The first kappa shape index (κ1) is 11.9. The van der Waals surface area contributed by atoms with Gasteiger partial charge in [-0.25, -0.2) is 0 Å². The van der Waals surface area contributed by atoms with Gasteiger partial charge in [-0.05, 0) is 24.1 Å². The van der Waals surface area contributed by atoms with Crippen LogP contribution in [0.2, 0.25) is 0 Å². The zero-order valence-electron chi connectivity index (χ0n) is 8.43. The summed E-state index contributed by atoms with van der Waals surface area (Å²) in [6.45, 7) is -3.05. The number of benzene rings is 1. The fourth-order valence-corrected chi connectivity index (χ4v) is 1.45. The molecule has 0 spiro atoms. The summed E-state index contributed by atoms with van der Waals surface area (Å²) in [6, 6.07) is 3.09. The van der Waals surface area contributed by atoms with Crippen molar-refractivity contribution in [3.63, 3.8) is 0 Å². The number of anilines is 1. The van der Waals surface area contributed by atoms with Gasteiger partial charge >= 0.3 is 6.98 Å². The van der Waals surface area contributed by atoms with Crippen molar-refractivity contribution in [2.75, 3.05) is 5.73 Å². The van der Waals surface area contributed by atoms with Gasteiger partial charge in [-0.2, -0.15) is 0 Å². The van der Waals surface area contributed by atoms with Gasteiger partial charge in [0.1, 0.15) is 0 Å². The van der Waals surface area contributed by atoms with Crippen LogP contribution in [0, 0.1) is 6.92 Å². The topological polar surface area (TPSA) is 52.0 Å². The minimum atomic E-state index is -4.83. The maximum absolute atomic E-state index is 12.3. The Morgan fingerprint density at radius 3 is 2.33 bits per heavy atom. The fourth-order valence-electron chi connectivity index (χ4n) is 1.45. The Morgan fingerprint density at radius 2 is 1.87 bits per heavy atom. The Labute approximate surface area is 86.5 Å². The van der Waals surface area contributed by atoms with E-state index in [1.165, 1.54) is 6.07 Å². The van der Waals surface area contributed by atoms with Gasteiger partial charge in [0.2, 0.25) is 0 Å². The SMILES string of the molecule is Cc1c(N)cc(CN)cc1C[B-](F)(F)F. The van der Waals surface area contributed by atoms with E-state index in [0.29, 0.717) is 16.8 Å². The summed E-state index contributed by atoms with van der Waals surface area (Å²) in [5.74, 6) is 0. The summed E-state index contributed by atoms with van der Waals surface area (Å²) in [7, 11) is 0. The van der Waals surface area contributed by atoms with Crippen molar-refractivity contribution >= 4 is 12.7 Å². The molecule has 0 unspecified atom stereocenters. The van der Waals surface area contributed by atoms with Crippen LogP contribution in [0.15, 0.2) is 12.1 Å². The highest BCUT2D eigenvalue weighted by atomic mass is 19.4. The monoisotopic (exact) mass is 217 g/mol. The number of rotatable bonds is 3. The van der Waals surface area contributed by atoms with Crippen LogP contribution in [0.1, 0.15) is 16.7 Å². The summed E-state index contributed by atoms with van der Waals surface area (Å²) in [4.78, 5) is 0. The molecule has 0 bridgehead atoms. The Bertz CT molecular complexity index is 363. The summed E-state index contributed by atoms with van der Waals surface area (Å²) in [5.41, 5.74) is 12.7. The van der Waals surface area contributed by atoms with E-state index >= 15 is 0 Å². The van der Waals surface area contributed by atoms with Crippen LogP contribution in [0.25, 0.3) is 0 Å². The Kier molecular flexibility index (Phi) is 3.29. The number of nitrogen functional groups attached to an aromatic ring is 1. The average molecular weight is 217 g/mol. The summed E-state index contributed by atoms with van der Waals surface area (Å²) < 4.78 is 36.8. The van der Waals surface area contributed by atoms with Crippen LogP contribution in [0.3, 0.4) is 0 Å². The Hall–Kier alpha value is -1.17. The third kappa shape index (κ3) is 3.16. The lowest BCUT2D eigenvalue weighted by molar-refractivity contribution is 0.468. The molecule has 4 N–H and O–H groups in total. The molecule has 6 heteroatoms. The molecule has 84 valence electrons. The summed E-state index contributed by atoms with van der Waals surface area (Å²) in [6.07, 6.45) is -0.899. The molecule has 0 aliphatic carbocycles. The van der Waals surface area contributed by atoms with E-state index in [9.17, 15) is 12.9 Å². The normalized spacial score (nSPS) is 11.8. The number of hydrogen-bond acceptors (Lipinski definition) is 2. The molecule has 0 aromatic heterocycles. The van der Waals surface area contributed by atoms with E-state index in [4.69, 9.17) is 11.5 Å². The molecule has 1 aromatic carbocycles. The Balaban J connectivity index is 3.11. The number of hydrogen-bond donors (Lipinski definition) is 2. The van der Waals surface area contributed by atoms with Crippen LogP contribution in [-0.4, -0.2) is 6.98 Å². The van der Waals surface area contributed by atoms with Gasteiger partial charge in [0.05, 0.1) is 0 Å². The number of halogens is 3. The molecular weight excluding hydrogens is 204 g/mol. The fraction of sp³-hybridized carbons (Fsp3) is 0.333. The third-order valence-electron chi connectivity index (χ3n) is 2.30. The van der Waals surface area contributed by atoms with Gasteiger partial charge in [0.15, 0.2) is 0 Å². The van der Waals surface area contributed by atoms with Gasteiger partial charge in [0, 0.05) is 12.2 Å². The molecule has 15 heavy (non-hydrogen) atoms. The minimum absolute atomic E-state index is 0.197. The molecule has 1 aromatic rings. The lowest BCUT2D eigenvalue weighted by atomic mass is 9.79. The first-order valence-corrected chi connectivity index (χ1v) is 4.62. The van der Waals surface area contributed by atoms with E-state index in [1.807, 2.05) is 0 Å². The second-order valence-electron chi connectivity index (χ2n) is 3.59. The van der Waals surface area contributed by atoms with Crippen molar-refractivity contribution in [3.8, 4) is 0 Å². The molecule has 0 aliphatic rings. The third-order valence-corrected chi connectivity index (χ3v) is 2.30. The summed E-state index contributed by atoms with van der Waals surface area (Å²) in [5, 5.41) is 0. The van der Waals surface area contributed by atoms with Crippen molar-refractivity contribution in [3.05, 3.63) is 28.8 Å². The van der Waals surface area contributed by atoms with Crippen molar-refractivity contribution < 1.29 is 12.9 Å². The maximum Gasteiger partial charge on any atom is 0.482 e. The second kappa shape index (κ2) is 4.14.